The smallest absolute Gasteiger partial charge is 0.229 e. The van der Waals surface area contributed by atoms with Gasteiger partial charge in [0.15, 0.2) is 0 Å². The SMILES string of the molecule is C=Cc1ccc(CN2c3ccc(OC)cc3C(C)(C)C23C=Nc2c(ccc4ccccc24)O3)cc1. The Morgan fingerprint density at radius 3 is 2.57 bits per heavy atom. The summed E-state index contributed by atoms with van der Waals surface area (Å²) in [6.45, 7) is 9.01. The van der Waals surface area contributed by atoms with Crippen molar-refractivity contribution in [1.82, 2.24) is 0 Å². The van der Waals surface area contributed by atoms with Crippen LogP contribution in [0.3, 0.4) is 0 Å². The fraction of sp³-hybridized carbons (Fsp3) is 0.194. The maximum Gasteiger partial charge on any atom is 0.229 e. The molecular weight excluding hydrogens is 432 g/mol. The van der Waals surface area contributed by atoms with Crippen molar-refractivity contribution >= 4 is 34.4 Å². The second-order valence-electron chi connectivity index (χ2n) is 9.73. The third-order valence-electron chi connectivity index (χ3n) is 7.52. The molecule has 2 aliphatic rings. The van der Waals surface area contributed by atoms with Gasteiger partial charge >= 0.3 is 0 Å². The molecule has 0 bridgehead atoms. The summed E-state index contributed by atoms with van der Waals surface area (Å²) in [6, 6.07) is 27.2. The lowest BCUT2D eigenvalue weighted by atomic mass is 9.77. The molecule has 4 nitrogen and oxygen atoms in total. The second-order valence-corrected chi connectivity index (χ2v) is 9.73. The molecule has 1 atom stereocenters. The Labute approximate surface area is 206 Å². The van der Waals surface area contributed by atoms with Gasteiger partial charge in [-0.2, -0.15) is 0 Å². The molecule has 0 N–H and O–H groups in total. The van der Waals surface area contributed by atoms with E-state index >= 15 is 0 Å². The third kappa shape index (κ3) is 3.09. The number of aliphatic imine (C=N–C) groups is 1. The molecule has 4 aromatic rings. The molecule has 4 heteroatoms. The van der Waals surface area contributed by atoms with Crippen LogP contribution in [0.25, 0.3) is 16.8 Å². The maximum absolute atomic E-state index is 7.01. The minimum Gasteiger partial charge on any atom is -0.497 e. The van der Waals surface area contributed by atoms with Crippen LogP contribution in [-0.2, 0) is 12.0 Å². The van der Waals surface area contributed by atoms with Crippen LogP contribution in [0.1, 0.15) is 30.5 Å². The van der Waals surface area contributed by atoms with Crippen LogP contribution in [0.4, 0.5) is 11.4 Å². The molecule has 35 heavy (non-hydrogen) atoms. The molecule has 0 radical (unpaired) electrons. The van der Waals surface area contributed by atoms with Gasteiger partial charge in [-0.3, -0.25) is 4.99 Å². The molecule has 0 aliphatic carbocycles. The highest BCUT2D eigenvalue weighted by Gasteiger charge is 2.60. The van der Waals surface area contributed by atoms with Crippen LogP contribution in [0, 0.1) is 0 Å². The summed E-state index contributed by atoms with van der Waals surface area (Å²) in [5, 5.41) is 2.25. The Morgan fingerprint density at radius 1 is 1.00 bits per heavy atom. The van der Waals surface area contributed by atoms with Crippen molar-refractivity contribution in [1.29, 1.82) is 0 Å². The van der Waals surface area contributed by atoms with Crippen molar-refractivity contribution in [3.63, 3.8) is 0 Å². The molecule has 0 fully saturated rings. The van der Waals surface area contributed by atoms with Gasteiger partial charge in [-0.1, -0.05) is 67.3 Å². The number of hydrogen-bond donors (Lipinski definition) is 0. The van der Waals surface area contributed by atoms with Crippen molar-refractivity contribution in [2.75, 3.05) is 12.0 Å². The molecule has 174 valence electrons. The molecule has 6 rings (SSSR count). The Morgan fingerprint density at radius 2 is 1.80 bits per heavy atom. The van der Waals surface area contributed by atoms with E-state index in [1.165, 1.54) is 11.1 Å². The zero-order valence-corrected chi connectivity index (χ0v) is 20.3. The topological polar surface area (TPSA) is 34.1 Å². The van der Waals surface area contributed by atoms with Crippen LogP contribution >= 0.6 is 0 Å². The first-order chi connectivity index (χ1) is 17.0. The number of nitrogens with zero attached hydrogens (tertiary/aromatic N) is 2. The number of rotatable bonds is 4. The normalized spacial score (nSPS) is 19.3. The van der Waals surface area contributed by atoms with Gasteiger partial charge in [-0.15, -0.1) is 0 Å². The lowest BCUT2D eigenvalue weighted by Gasteiger charge is -2.46. The Kier molecular flexibility index (Phi) is 4.75. The first-order valence-electron chi connectivity index (χ1n) is 11.9. The third-order valence-corrected chi connectivity index (χ3v) is 7.52. The molecule has 1 spiro atoms. The summed E-state index contributed by atoms with van der Waals surface area (Å²) in [4.78, 5) is 7.40. The van der Waals surface area contributed by atoms with Crippen molar-refractivity contribution in [2.45, 2.75) is 31.5 Å². The molecule has 1 unspecified atom stereocenters. The van der Waals surface area contributed by atoms with Crippen molar-refractivity contribution < 1.29 is 9.47 Å². The van der Waals surface area contributed by atoms with E-state index in [9.17, 15) is 0 Å². The Hall–Kier alpha value is -4.05. The standard InChI is InChI=1S/C31H28N2O2/c1-5-21-10-12-22(13-11-21)19-33-27-16-15-24(34-4)18-26(27)30(2,3)31(33)20-32-29-25-9-7-6-8-23(25)14-17-28(29)35-31/h5-18,20H,1,19H2,2-4H3. The predicted octanol–water partition coefficient (Wildman–Crippen LogP) is 7.28. The summed E-state index contributed by atoms with van der Waals surface area (Å²) in [6.07, 6.45) is 3.87. The van der Waals surface area contributed by atoms with Gasteiger partial charge in [0.25, 0.3) is 0 Å². The van der Waals surface area contributed by atoms with Crippen LogP contribution in [0.15, 0.2) is 90.4 Å². The van der Waals surface area contributed by atoms with E-state index in [2.05, 4.69) is 79.9 Å². The minimum atomic E-state index is -0.797. The van der Waals surface area contributed by atoms with Gasteiger partial charge < -0.3 is 14.4 Å². The van der Waals surface area contributed by atoms with E-state index in [1.54, 1.807) is 7.11 Å². The average Bonchev–Trinajstić information content (AvgIpc) is 3.06. The molecule has 4 aromatic carbocycles. The summed E-state index contributed by atoms with van der Waals surface area (Å²) in [5.41, 5.74) is 4.28. The number of benzene rings is 4. The van der Waals surface area contributed by atoms with E-state index in [-0.39, 0.29) is 0 Å². The molecule has 2 heterocycles. The van der Waals surface area contributed by atoms with Gasteiger partial charge in [0.1, 0.15) is 17.2 Å². The summed E-state index contributed by atoms with van der Waals surface area (Å²) < 4.78 is 12.6. The first kappa shape index (κ1) is 21.5. The van der Waals surface area contributed by atoms with E-state index in [1.807, 2.05) is 36.6 Å². The van der Waals surface area contributed by atoms with Crippen molar-refractivity contribution in [3.05, 3.63) is 102 Å². The van der Waals surface area contributed by atoms with Gasteiger partial charge in [0.2, 0.25) is 5.72 Å². The van der Waals surface area contributed by atoms with Gasteiger partial charge in [-0.05, 0) is 60.2 Å². The van der Waals surface area contributed by atoms with Crippen molar-refractivity contribution in [2.24, 2.45) is 4.99 Å². The Bertz CT molecular complexity index is 1490. The van der Waals surface area contributed by atoms with Gasteiger partial charge in [0.05, 0.1) is 18.7 Å². The lowest BCUT2D eigenvalue weighted by molar-refractivity contribution is 0.0764. The molecule has 0 saturated carbocycles. The highest BCUT2D eigenvalue weighted by molar-refractivity contribution is 5.99. The molecular formula is C31H28N2O2. The van der Waals surface area contributed by atoms with E-state index < -0.39 is 11.1 Å². The highest BCUT2D eigenvalue weighted by atomic mass is 16.5. The molecule has 0 saturated heterocycles. The maximum atomic E-state index is 7.01. The average molecular weight is 461 g/mol. The fourth-order valence-electron chi connectivity index (χ4n) is 5.44. The van der Waals surface area contributed by atoms with Crippen LogP contribution in [0.5, 0.6) is 11.5 Å². The van der Waals surface area contributed by atoms with E-state index in [0.29, 0.717) is 6.54 Å². The van der Waals surface area contributed by atoms with E-state index in [4.69, 9.17) is 14.5 Å². The summed E-state index contributed by atoms with van der Waals surface area (Å²) >= 11 is 0. The zero-order valence-electron chi connectivity index (χ0n) is 20.3. The van der Waals surface area contributed by atoms with E-state index in [0.717, 1.165) is 39.2 Å². The molecule has 2 aliphatic heterocycles. The van der Waals surface area contributed by atoms with Gasteiger partial charge in [0, 0.05) is 17.6 Å². The molecule has 0 aromatic heterocycles. The number of hydrogen-bond acceptors (Lipinski definition) is 4. The number of fused-ring (bicyclic) bond motifs is 4. The predicted molar refractivity (Wildman–Crippen MR) is 144 cm³/mol. The minimum absolute atomic E-state index is 0.398. The molecule has 0 amide bonds. The van der Waals surface area contributed by atoms with Crippen molar-refractivity contribution in [3.8, 4) is 11.5 Å². The largest absolute Gasteiger partial charge is 0.497 e. The summed E-state index contributed by atoms with van der Waals surface area (Å²) in [5.74, 6) is 1.63. The highest BCUT2D eigenvalue weighted by Crippen LogP contribution is 2.56. The Balaban J connectivity index is 1.52. The van der Waals surface area contributed by atoms with Crippen LogP contribution in [-0.4, -0.2) is 19.0 Å². The lowest BCUT2D eigenvalue weighted by Crippen LogP contribution is -2.61. The number of methoxy groups -OCH3 is 1. The first-order valence-corrected chi connectivity index (χ1v) is 11.9. The second kappa shape index (κ2) is 7.74. The zero-order chi connectivity index (χ0) is 24.2. The van der Waals surface area contributed by atoms with Crippen LogP contribution in [0.2, 0.25) is 0 Å². The summed E-state index contributed by atoms with van der Waals surface area (Å²) in [7, 11) is 1.71. The number of anilines is 1. The van der Waals surface area contributed by atoms with Gasteiger partial charge in [-0.25, -0.2) is 0 Å². The quantitative estimate of drug-likeness (QED) is 0.321. The number of ether oxygens (including phenoxy) is 2. The fourth-order valence-corrected chi connectivity index (χ4v) is 5.44. The van der Waals surface area contributed by atoms with Crippen LogP contribution < -0.4 is 14.4 Å². The monoisotopic (exact) mass is 460 g/mol.